The molecule has 6 nitrogen and oxygen atoms in total. The summed E-state index contributed by atoms with van der Waals surface area (Å²) in [7, 11) is 5.27. The van der Waals surface area contributed by atoms with Gasteiger partial charge in [-0.3, -0.25) is 14.5 Å². The fraction of sp³-hybridized carbons (Fsp3) is 0.562. The first-order valence-corrected chi connectivity index (χ1v) is 15.6. The Kier molecular flexibility index (Phi) is 11.1. The standard InChI is InChI=1S/C32H41Cl2F3N4O2/c1-38(2)30(43)31(41-15-5-4-6-16-41)13-18-40(19-14-31)17-12-25(23-10-11-27(33)28(34)21-23)22-39(3)29(42)24-8-7-9-26(20-24)32(35,36)37/h7-11,20-21,25H,4-6,12-19,22H2,1-3H3. The van der Waals surface area contributed by atoms with E-state index in [0.717, 1.165) is 76.1 Å². The minimum atomic E-state index is -4.53. The van der Waals surface area contributed by atoms with Gasteiger partial charge in [-0.05, 0) is 87.6 Å². The van der Waals surface area contributed by atoms with Crippen LogP contribution in [0.2, 0.25) is 10.0 Å². The van der Waals surface area contributed by atoms with E-state index in [1.807, 2.05) is 20.2 Å². The summed E-state index contributed by atoms with van der Waals surface area (Å²) in [6.45, 7) is 4.49. The van der Waals surface area contributed by atoms with Gasteiger partial charge in [-0.1, -0.05) is 41.8 Å². The number of nitrogens with zero attached hydrogens (tertiary/aromatic N) is 4. The number of carbonyl (C=O) groups excluding carboxylic acids is 2. The summed E-state index contributed by atoms with van der Waals surface area (Å²) < 4.78 is 39.8. The normalized spacial score (nSPS) is 18.7. The van der Waals surface area contributed by atoms with E-state index in [-0.39, 0.29) is 23.9 Å². The minimum absolute atomic E-state index is 0.0131. The maximum atomic E-state index is 13.5. The smallest absolute Gasteiger partial charge is 0.347 e. The molecule has 1 atom stereocenters. The van der Waals surface area contributed by atoms with Gasteiger partial charge in [-0.25, -0.2) is 0 Å². The van der Waals surface area contributed by atoms with E-state index in [0.29, 0.717) is 16.5 Å². The Hall–Kier alpha value is -2.33. The van der Waals surface area contributed by atoms with Gasteiger partial charge >= 0.3 is 6.18 Å². The molecule has 2 fully saturated rings. The number of rotatable bonds is 9. The number of piperidine rings is 2. The molecule has 43 heavy (non-hydrogen) atoms. The molecular formula is C32H41Cl2F3N4O2. The Bertz CT molecular complexity index is 1280. The number of hydrogen-bond donors (Lipinski definition) is 0. The van der Waals surface area contributed by atoms with Crippen LogP contribution in [0.1, 0.15) is 65.9 Å². The zero-order valence-corrected chi connectivity index (χ0v) is 26.6. The molecule has 0 radical (unpaired) electrons. The van der Waals surface area contributed by atoms with Crippen molar-refractivity contribution in [2.75, 3.05) is 60.4 Å². The second-order valence-corrected chi connectivity index (χ2v) is 12.9. The lowest BCUT2D eigenvalue weighted by atomic mass is 9.82. The summed E-state index contributed by atoms with van der Waals surface area (Å²) in [6, 6.07) is 9.91. The minimum Gasteiger partial charge on any atom is -0.347 e. The van der Waals surface area contributed by atoms with Crippen LogP contribution in [0.5, 0.6) is 0 Å². The predicted octanol–water partition coefficient (Wildman–Crippen LogP) is 6.67. The van der Waals surface area contributed by atoms with Crippen molar-refractivity contribution in [3.05, 3.63) is 69.2 Å². The molecule has 0 bridgehead atoms. The van der Waals surface area contributed by atoms with Gasteiger partial charge in [0.25, 0.3) is 5.91 Å². The Morgan fingerprint density at radius 1 is 0.930 bits per heavy atom. The molecule has 2 aliphatic rings. The van der Waals surface area contributed by atoms with E-state index in [1.54, 1.807) is 24.1 Å². The van der Waals surface area contributed by atoms with Crippen molar-refractivity contribution in [1.82, 2.24) is 19.6 Å². The topological polar surface area (TPSA) is 47.1 Å². The molecule has 2 aromatic rings. The summed E-state index contributed by atoms with van der Waals surface area (Å²) in [6.07, 6.45) is 1.11. The summed E-state index contributed by atoms with van der Waals surface area (Å²) in [5.74, 6) is -0.438. The molecule has 11 heteroatoms. The average molecular weight is 642 g/mol. The molecule has 0 aromatic heterocycles. The number of hydrogen-bond acceptors (Lipinski definition) is 4. The van der Waals surface area contributed by atoms with Crippen molar-refractivity contribution >= 4 is 35.0 Å². The number of likely N-dealkylation sites (N-methyl/N-ethyl adjacent to an activating group) is 2. The summed E-state index contributed by atoms with van der Waals surface area (Å²) in [4.78, 5) is 34.6. The molecule has 0 aliphatic carbocycles. The molecule has 0 saturated carbocycles. The highest BCUT2D eigenvalue weighted by Gasteiger charge is 2.47. The van der Waals surface area contributed by atoms with E-state index in [4.69, 9.17) is 23.2 Å². The van der Waals surface area contributed by atoms with Crippen molar-refractivity contribution in [3.8, 4) is 0 Å². The van der Waals surface area contributed by atoms with Gasteiger partial charge in [0.05, 0.1) is 15.6 Å². The van der Waals surface area contributed by atoms with Gasteiger partial charge in [0.15, 0.2) is 0 Å². The number of likely N-dealkylation sites (tertiary alicyclic amines) is 2. The SMILES string of the molecule is CN(C)C(=O)C1(N2CCCCC2)CCN(CCC(CN(C)C(=O)c2cccc(C(F)(F)F)c2)c2ccc(Cl)c(Cl)c2)CC1. The monoisotopic (exact) mass is 640 g/mol. The third kappa shape index (κ3) is 8.04. The van der Waals surface area contributed by atoms with Crippen LogP contribution in [0.15, 0.2) is 42.5 Å². The first-order valence-electron chi connectivity index (χ1n) is 14.9. The van der Waals surface area contributed by atoms with Crippen molar-refractivity contribution in [2.24, 2.45) is 0 Å². The summed E-state index contributed by atoms with van der Waals surface area (Å²) >= 11 is 12.5. The van der Waals surface area contributed by atoms with E-state index in [9.17, 15) is 22.8 Å². The fourth-order valence-corrected chi connectivity index (χ4v) is 6.79. The van der Waals surface area contributed by atoms with E-state index < -0.39 is 23.2 Å². The zero-order chi connectivity index (χ0) is 31.4. The van der Waals surface area contributed by atoms with E-state index in [2.05, 4.69) is 9.80 Å². The highest BCUT2D eigenvalue weighted by atomic mass is 35.5. The molecule has 2 amide bonds. The van der Waals surface area contributed by atoms with Crippen molar-refractivity contribution < 1.29 is 22.8 Å². The van der Waals surface area contributed by atoms with Gasteiger partial charge < -0.3 is 14.7 Å². The maximum Gasteiger partial charge on any atom is 0.416 e. The lowest BCUT2D eigenvalue weighted by Gasteiger charge is -2.50. The van der Waals surface area contributed by atoms with Crippen LogP contribution in [0.4, 0.5) is 13.2 Å². The van der Waals surface area contributed by atoms with E-state index in [1.165, 1.54) is 23.5 Å². The molecular weight excluding hydrogens is 600 g/mol. The Morgan fingerprint density at radius 2 is 1.60 bits per heavy atom. The third-order valence-electron chi connectivity index (χ3n) is 8.94. The molecule has 2 heterocycles. The summed E-state index contributed by atoms with van der Waals surface area (Å²) in [5, 5.41) is 0.829. The number of benzene rings is 2. The lowest BCUT2D eigenvalue weighted by molar-refractivity contribution is -0.147. The van der Waals surface area contributed by atoms with Crippen molar-refractivity contribution in [2.45, 2.75) is 56.2 Å². The number of halogens is 5. The zero-order valence-electron chi connectivity index (χ0n) is 25.1. The largest absolute Gasteiger partial charge is 0.416 e. The molecule has 1 unspecified atom stereocenters. The molecule has 0 spiro atoms. The molecule has 2 saturated heterocycles. The third-order valence-corrected chi connectivity index (χ3v) is 9.67. The highest BCUT2D eigenvalue weighted by Crippen LogP contribution is 2.35. The second kappa shape index (κ2) is 14.2. The molecule has 2 aromatic carbocycles. The fourth-order valence-electron chi connectivity index (χ4n) is 6.48. The maximum absolute atomic E-state index is 13.5. The van der Waals surface area contributed by atoms with Crippen LogP contribution < -0.4 is 0 Å². The van der Waals surface area contributed by atoms with Gasteiger partial charge in [-0.2, -0.15) is 13.2 Å². The number of alkyl halides is 3. The van der Waals surface area contributed by atoms with Crippen LogP contribution in [-0.4, -0.2) is 97.4 Å². The Labute approximate surface area is 262 Å². The van der Waals surface area contributed by atoms with Gasteiger partial charge in [0, 0.05) is 52.3 Å². The predicted molar refractivity (Wildman–Crippen MR) is 165 cm³/mol. The quantitative estimate of drug-likeness (QED) is 0.307. The summed E-state index contributed by atoms with van der Waals surface area (Å²) in [5.41, 5.74) is -0.436. The average Bonchev–Trinajstić information content (AvgIpc) is 3.00. The van der Waals surface area contributed by atoms with Crippen LogP contribution in [0.25, 0.3) is 0 Å². The number of carbonyl (C=O) groups is 2. The van der Waals surface area contributed by atoms with Gasteiger partial charge in [0.1, 0.15) is 5.54 Å². The van der Waals surface area contributed by atoms with Crippen LogP contribution in [-0.2, 0) is 11.0 Å². The van der Waals surface area contributed by atoms with Crippen LogP contribution in [0.3, 0.4) is 0 Å². The lowest BCUT2D eigenvalue weighted by Crippen LogP contribution is -2.64. The molecule has 236 valence electrons. The first-order chi connectivity index (χ1) is 20.3. The molecule has 0 N–H and O–H groups in total. The van der Waals surface area contributed by atoms with Crippen LogP contribution >= 0.6 is 23.2 Å². The van der Waals surface area contributed by atoms with Gasteiger partial charge in [0.2, 0.25) is 5.91 Å². The first kappa shape index (κ1) is 33.6. The van der Waals surface area contributed by atoms with Gasteiger partial charge in [-0.15, -0.1) is 0 Å². The Morgan fingerprint density at radius 3 is 2.21 bits per heavy atom. The second-order valence-electron chi connectivity index (χ2n) is 12.0. The Balaban J connectivity index is 1.47. The highest BCUT2D eigenvalue weighted by molar-refractivity contribution is 6.42. The van der Waals surface area contributed by atoms with Crippen molar-refractivity contribution in [3.63, 3.8) is 0 Å². The molecule has 4 rings (SSSR count). The number of amides is 2. The van der Waals surface area contributed by atoms with E-state index >= 15 is 0 Å². The molecule has 2 aliphatic heterocycles. The van der Waals surface area contributed by atoms with Crippen LogP contribution in [0, 0.1) is 0 Å². The van der Waals surface area contributed by atoms with Crippen molar-refractivity contribution in [1.29, 1.82) is 0 Å².